The Morgan fingerprint density at radius 3 is 2.69 bits per heavy atom. The van der Waals surface area contributed by atoms with Crippen LogP contribution in [0.5, 0.6) is 5.75 Å². The van der Waals surface area contributed by atoms with E-state index in [-0.39, 0.29) is 17.2 Å². The number of nitrogens with zero attached hydrogens (tertiary/aromatic N) is 1. The highest BCUT2D eigenvalue weighted by Gasteiger charge is 2.36. The van der Waals surface area contributed by atoms with Crippen molar-refractivity contribution in [2.24, 2.45) is 0 Å². The van der Waals surface area contributed by atoms with E-state index < -0.39 is 35.4 Å². The molecule has 11 heteroatoms. The molecule has 1 aliphatic heterocycles. The zero-order chi connectivity index (χ0) is 23.3. The monoisotopic (exact) mass is 570 g/mol. The molecule has 0 saturated carbocycles. The average molecular weight is 570 g/mol. The molecule has 8 nitrogen and oxygen atoms in total. The lowest BCUT2D eigenvalue weighted by Crippen LogP contribution is -2.36. The molecular weight excluding hydrogens is 554 g/mol. The summed E-state index contributed by atoms with van der Waals surface area (Å²) < 4.78 is 23.8. The standard InChI is InChI=1S/C21H16FIN2O6S/c1-30-19(27)11-31-16-6-5-12(7-15(16)23)8-17-20(28)25(21(29)32-17)10-18(26)24-14-4-2-3-13(22)9-14/h2-9H,10-11H2,1H3,(H,24,26)/b17-8+. The van der Waals surface area contributed by atoms with Gasteiger partial charge in [-0.1, -0.05) is 12.1 Å². The number of hydrogen-bond acceptors (Lipinski definition) is 7. The van der Waals surface area contributed by atoms with E-state index in [1.165, 1.54) is 31.4 Å². The summed E-state index contributed by atoms with van der Waals surface area (Å²) in [6.45, 7) is -0.723. The zero-order valence-corrected chi connectivity index (χ0v) is 19.6. The fraction of sp³-hybridized carbons (Fsp3) is 0.143. The van der Waals surface area contributed by atoms with Crippen LogP contribution in [0.15, 0.2) is 47.4 Å². The third-order valence-corrected chi connectivity index (χ3v) is 5.86. The second-order valence-corrected chi connectivity index (χ2v) is 8.54. The first-order valence-electron chi connectivity index (χ1n) is 9.07. The topological polar surface area (TPSA) is 102 Å². The average Bonchev–Trinajstić information content (AvgIpc) is 3.00. The van der Waals surface area contributed by atoms with Crippen LogP contribution in [0, 0.1) is 9.39 Å². The number of anilines is 1. The Balaban J connectivity index is 1.66. The molecule has 32 heavy (non-hydrogen) atoms. The number of thioether (sulfide) groups is 1. The van der Waals surface area contributed by atoms with E-state index in [9.17, 15) is 23.6 Å². The van der Waals surface area contributed by atoms with Gasteiger partial charge in [-0.25, -0.2) is 9.18 Å². The molecule has 0 aliphatic carbocycles. The highest BCUT2D eigenvalue weighted by Crippen LogP contribution is 2.33. The van der Waals surface area contributed by atoms with Gasteiger partial charge in [-0.3, -0.25) is 19.3 Å². The molecule has 3 amide bonds. The number of carbonyl (C=O) groups is 4. The number of carbonyl (C=O) groups excluding carboxylic acids is 4. The molecule has 1 aliphatic rings. The summed E-state index contributed by atoms with van der Waals surface area (Å²) in [7, 11) is 1.26. The molecule has 0 aromatic heterocycles. The van der Waals surface area contributed by atoms with E-state index in [0.29, 0.717) is 14.9 Å². The van der Waals surface area contributed by atoms with Crippen molar-refractivity contribution < 1.29 is 33.0 Å². The molecule has 2 aromatic rings. The van der Waals surface area contributed by atoms with Gasteiger partial charge in [0.25, 0.3) is 11.1 Å². The van der Waals surface area contributed by atoms with Gasteiger partial charge in [0.15, 0.2) is 6.61 Å². The number of ether oxygens (including phenoxy) is 2. The molecule has 3 rings (SSSR count). The van der Waals surface area contributed by atoms with Crippen molar-refractivity contribution in [3.05, 3.63) is 62.3 Å². The zero-order valence-electron chi connectivity index (χ0n) is 16.6. The Bertz CT molecular complexity index is 1120. The van der Waals surface area contributed by atoms with Gasteiger partial charge in [0.2, 0.25) is 5.91 Å². The molecule has 0 unspecified atom stereocenters. The van der Waals surface area contributed by atoms with E-state index in [4.69, 9.17) is 4.74 Å². The third kappa shape index (κ3) is 6.07. The van der Waals surface area contributed by atoms with Gasteiger partial charge in [-0.15, -0.1) is 0 Å². The molecule has 1 heterocycles. The number of benzene rings is 2. The van der Waals surface area contributed by atoms with Crippen LogP contribution < -0.4 is 10.1 Å². The first kappa shape index (κ1) is 23.7. The lowest BCUT2D eigenvalue weighted by molar-refractivity contribution is -0.143. The molecule has 166 valence electrons. The lowest BCUT2D eigenvalue weighted by Gasteiger charge is -2.12. The number of halogens is 2. The molecule has 1 N–H and O–H groups in total. The van der Waals surface area contributed by atoms with Crippen molar-refractivity contribution in [1.82, 2.24) is 4.90 Å². The number of hydrogen-bond donors (Lipinski definition) is 1. The van der Waals surface area contributed by atoms with Gasteiger partial charge < -0.3 is 14.8 Å². The largest absolute Gasteiger partial charge is 0.481 e. The summed E-state index contributed by atoms with van der Waals surface area (Å²) in [5.41, 5.74) is 0.858. The predicted molar refractivity (Wildman–Crippen MR) is 124 cm³/mol. The summed E-state index contributed by atoms with van der Waals surface area (Å²) >= 11 is 2.74. The molecule has 1 fully saturated rings. The minimum Gasteiger partial charge on any atom is -0.481 e. The van der Waals surface area contributed by atoms with Crippen LogP contribution in [0.4, 0.5) is 14.9 Å². The van der Waals surface area contributed by atoms with Gasteiger partial charge in [-0.2, -0.15) is 0 Å². The minimum atomic E-state index is -0.624. The first-order valence-corrected chi connectivity index (χ1v) is 11.0. The van der Waals surface area contributed by atoms with Gasteiger partial charge in [0.05, 0.1) is 15.6 Å². The summed E-state index contributed by atoms with van der Waals surface area (Å²) in [5, 5.41) is 1.87. The number of esters is 1. The van der Waals surface area contributed by atoms with E-state index in [0.717, 1.165) is 22.7 Å². The molecule has 1 saturated heterocycles. The third-order valence-electron chi connectivity index (χ3n) is 4.11. The first-order chi connectivity index (χ1) is 15.3. The van der Waals surface area contributed by atoms with Crippen molar-refractivity contribution in [3.8, 4) is 5.75 Å². The van der Waals surface area contributed by atoms with Crippen LogP contribution in [0.3, 0.4) is 0 Å². The van der Waals surface area contributed by atoms with E-state index in [2.05, 4.69) is 10.1 Å². The second kappa shape index (κ2) is 10.6. The molecular formula is C21H16FIN2O6S. The van der Waals surface area contributed by atoms with Crippen LogP contribution >= 0.6 is 34.4 Å². The molecule has 0 spiro atoms. The van der Waals surface area contributed by atoms with Crippen molar-refractivity contribution >= 4 is 69.1 Å². The maximum absolute atomic E-state index is 13.2. The van der Waals surface area contributed by atoms with Crippen molar-refractivity contribution in [1.29, 1.82) is 0 Å². The fourth-order valence-corrected chi connectivity index (χ4v) is 4.15. The van der Waals surface area contributed by atoms with Gasteiger partial charge >= 0.3 is 5.97 Å². The highest BCUT2D eigenvalue weighted by molar-refractivity contribution is 14.1. The summed E-state index contributed by atoms with van der Waals surface area (Å²) in [6, 6.07) is 10.3. The van der Waals surface area contributed by atoms with Gasteiger partial charge in [0, 0.05) is 5.69 Å². The molecule has 2 aromatic carbocycles. The highest BCUT2D eigenvalue weighted by atomic mass is 127. The van der Waals surface area contributed by atoms with Crippen LogP contribution in [-0.4, -0.2) is 48.2 Å². The predicted octanol–water partition coefficient (Wildman–Crippen LogP) is 3.66. The molecule has 0 radical (unpaired) electrons. The number of methoxy groups -OCH3 is 1. The van der Waals surface area contributed by atoms with Crippen LogP contribution in [0.25, 0.3) is 6.08 Å². The Morgan fingerprint density at radius 2 is 2.00 bits per heavy atom. The summed E-state index contributed by atoms with van der Waals surface area (Å²) in [4.78, 5) is 49.3. The molecule has 0 bridgehead atoms. The minimum absolute atomic E-state index is 0.160. The Morgan fingerprint density at radius 1 is 1.22 bits per heavy atom. The number of imide groups is 1. The Kier molecular flexibility index (Phi) is 7.85. The maximum Gasteiger partial charge on any atom is 0.343 e. The molecule has 0 atom stereocenters. The summed E-state index contributed by atoms with van der Waals surface area (Å²) in [5.74, 6) is -1.79. The van der Waals surface area contributed by atoms with Crippen LogP contribution in [0.1, 0.15) is 5.56 Å². The van der Waals surface area contributed by atoms with Gasteiger partial charge in [0.1, 0.15) is 18.1 Å². The lowest BCUT2D eigenvalue weighted by atomic mass is 10.2. The van der Waals surface area contributed by atoms with E-state index >= 15 is 0 Å². The van der Waals surface area contributed by atoms with E-state index in [1.807, 2.05) is 22.6 Å². The SMILES string of the molecule is COC(=O)COc1ccc(/C=C2/SC(=O)N(CC(=O)Nc3cccc(F)c3)C2=O)cc1I. The van der Waals surface area contributed by atoms with Gasteiger partial charge in [-0.05, 0) is 76.3 Å². The van der Waals surface area contributed by atoms with Crippen molar-refractivity contribution in [2.75, 3.05) is 25.6 Å². The van der Waals surface area contributed by atoms with Crippen molar-refractivity contribution in [3.63, 3.8) is 0 Å². The van der Waals surface area contributed by atoms with E-state index in [1.54, 1.807) is 18.2 Å². The smallest absolute Gasteiger partial charge is 0.343 e. The normalized spacial score (nSPS) is 14.6. The number of rotatable bonds is 7. The Hall–Kier alpha value is -2.93. The van der Waals surface area contributed by atoms with Crippen LogP contribution in [-0.2, 0) is 19.1 Å². The van der Waals surface area contributed by atoms with Crippen LogP contribution in [0.2, 0.25) is 0 Å². The summed E-state index contributed by atoms with van der Waals surface area (Å²) in [6.07, 6.45) is 1.53. The number of nitrogens with one attached hydrogen (secondary N) is 1. The number of amides is 3. The Labute approximate surface area is 200 Å². The second-order valence-electron chi connectivity index (χ2n) is 6.38. The van der Waals surface area contributed by atoms with Crippen molar-refractivity contribution in [2.45, 2.75) is 0 Å². The quantitative estimate of drug-likeness (QED) is 0.308. The maximum atomic E-state index is 13.2. The fourth-order valence-electron chi connectivity index (χ4n) is 2.62.